The zero-order chi connectivity index (χ0) is 12.3. The summed E-state index contributed by atoms with van der Waals surface area (Å²) in [6, 6.07) is 0. The number of ketones is 1. The molecule has 98 valence electrons. The van der Waals surface area contributed by atoms with E-state index in [-0.39, 0.29) is 0 Å². The summed E-state index contributed by atoms with van der Waals surface area (Å²) in [5.41, 5.74) is 0. The molecule has 2 rings (SSSR count). The molecule has 0 radical (unpaired) electrons. The Balaban J connectivity index is 1.72. The van der Waals surface area contributed by atoms with E-state index in [2.05, 4.69) is 0 Å². The van der Waals surface area contributed by atoms with Gasteiger partial charge in [-0.05, 0) is 38.0 Å². The maximum absolute atomic E-state index is 13.5. The summed E-state index contributed by atoms with van der Waals surface area (Å²) in [5, 5.41) is 0. The van der Waals surface area contributed by atoms with Gasteiger partial charge in [-0.15, -0.1) is 0 Å². The van der Waals surface area contributed by atoms with Crippen LogP contribution in [0.1, 0.15) is 44.9 Å². The van der Waals surface area contributed by atoms with E-state index in [1.807, 2.05) is 0 Å². The molecule has 0 aromatic rings. The molecule has 3 atom stereocenters. The second kappa shape index (κ2) is 5.89. The molecular weight excluding hydrogens is 226 g/mol. The fraction of sp³-hybridized carbons (Fsp3) is 0.923. The summed E-state index contributed by atoms with van der Waals surface area (Å²) in [5.74, 6) is 0.658. The lowest BCUT2D eigenvalue weighted by atomic mass is 9.89. The molecule has 0 spiro atoms. The molecule has 0 amide bonds. The van der Waals surface area contributed by atoms with Crippen molar-refractivity contribution in [1.29, 1.82) is 0 Å². The van der Waals surface area contributed by atoms with Crippen molar-refractivity contribution in [3.63, 3.8) is 0 Å². The van der Waals surface area contributed by atoms with Crippen LogP contribution in [0, 0.1) is 5.92 Å². The lowest BCUT2D eigenvalue weighted by molar-refractivity contribution is -0.122. The van der Waals surface area contributed by atoms with Gasteiger partial charge in [-0.2, -0.15) is 0 Å². The van der Waals surface area contributed by atoms with Gasteiger partial charge in [0.05, 0.1) is 6.10 Å². The Morgan fingerprint density at radius 2 is 1.82 bits per heavy atom. The molecule has 2 nitrogen and oxygen atoms in total. The molecule has 0 bridgehead atoms. The summed E-state index contributed by atoms with van der Waals surface area (Å²) in [4.78, 5) is 11.1. The lowest BCUT2D eigenvalue weighted by Crippen LogP contribution is -2.38. The van der Waals surface area contributed by atoms with Gasteiger partial charge in [-0.3, -0.25) is 4.79 Å². The van der Waals surface area contributed by atoms with Crippen molar-refractivity contribution in [3.8, 4) is 0 Å². The van der Waals surface area contributed by atoms with Crippen LogP contribution in [0.15, 0.2) is 0 Å². The number of alkyl halides is 2. The van der Waals surface area contributed by atoms with Crippen molar-refractivity contribution >= 4 is 5.78 Å². The Morgan fingerprint density at radius 1 is 1.12 bits per heavy atom. The molecule has 0 aromatic heterocycles. The molecule has 0 heterocycles. The molecular formula is C13H20F2O2. The van der Waals surface area contributed by atoms with Crippen LogP contribution in [0.2, 0.25) is 0 Å². The molecule has 3 unspecified atom stereocenters. The molecule has 2 aliphatic carbocycles. The van der Waals surface area contributed by atoms with E-state index < -0.39 is 18.4 Å². The van der Waals surface area contributed by atoms with E-state index in [9.17, 15) is 13.6 Å². The summed E-state index contributed by atoms with van der Waals surface area (Å²) in [6.45, 7) is 0.477. The topological polar surface area (TPSA) is 26.3 Å². The van der Waals surface area contributed by atoms with E-state index in [0.717, 1.165) is 12.8 Å². The number of hydrogen-bond acceptors (Lipinski definition) is 2. The highest BCUT2D eigenvalue weighted by molar-refractivity contribution is 5.78. The predicted octanol–water partition coefficient (Wildman–Crippen LogP) is 2.99. The van der Waals surface area contributed by atoms with Crippen LogP contribution in [0.4, 0.5) is 8.78 Å². The number of carbonyl (C=O) groups is 1. The van der Waals surface area contributed by atoms with Crippen molar-refractivity contribution in [1.82, 2.24) is 0 Å². The molecule has 0 aromatic carbocycles. The zero-order valence-electron chi connectivity index (χ0n) is 10.0. The Morgan fingerprint density at radius 3 is 2.53 bits per heavy atom. The van der Waals surface area contributed by atoms with Crippen molar-refractivity contribution in [2.45, 2.75) is 63.4 Å². The Hall–Kier alpha value is -0.510. The third-order valence-corrected chi connectivity index (χ3v) is 3.88. The second-order valence-corrected chi connectivity index (χ2v) is 5.25. The van der Waals surface area contributed by atoms with Gasteiger partial charge in [0.25, 0.3) is 0 Å². The average Bonchev–Trinajstić information content (AvgIpc) is 2.33. The molecule has 2 saturated carbocycles. The molecule has 2 fully saturated rings. The number of ether oxygens (including phenoxy) is 1. The third-order valence-electron chi connectivity index (χ3n) is 3.88. The average molecular weight is 246 g/mol. The Kier molecular flexibility index (Phi) is 4.48. The van der Waals surface area contributed by atoms with Crippen LogP contribution in [-0.4, -0.2) is 30.8 Å². The standard InChI is InChI=1S/C13H20F2O2/c14-11-2-1-3-12(13(11)15)17-8-9-4-6-10(16)7-5-9/h9,11-13H,1-8H2. The van der Waals surface area contributed by atoms with Crippen LogP contribution >= 0.6 is 0 Å². The zero-order valence-corrected chi connectivity index (χ0v) is 10.0. The van der Waals surface area contributed by atoms with Crippen LogP contribution < -0.4 is 0 Å². The van der Waals surface area contributed by atoms with Gasteiger partial charge in [0.1, 0.15) is 12.0 Å². The Labute approximate surface area is 101 Å². The van der Waals surface area contributed by atoms with Gasteiger partial charge < -0.3 is 4.74 Å². The first-order chi connectivity index (χ1) is 8.16. The quantitative estimate of drug-likeness (QED) is 0.765. The number of carbonyl (C=O) groups excluding carboxylic acids is 1. The monoisotopic (exact) mass is 246 g/mol. The van der Waals surface area contributed by atoms with Gasteiger partial charge in [0.2, 0.25) is 0 Å². The number of halogens is 2. The maximum atomic E-state index is 13.5. The molecule has 4 heteroatoms. The maximum Gasteiger partial charge on any atom is 0.157 e. The van der Waals surface area contributed by atoms with Gasteiger partial charge in [0, 0.05) is 19.4 Å². The van der Waals surface area contributed by atoms with E-state index in [1.54, 1.807) is 0 Å². The number of hydrogen-bond donors (Lipinski definition) is 0. The molecule has 0 saturated heterocycles. The number of rotatable bonds is 3. The van der Waals surface area contributed by atoms with E-state index in [0.29, 0.717) is 50.4 Å². The van der Waals surface area contributed by atoms with E-state index in [4.69, 9.17) is 4.74 Å². The van der Waals surface area contributed by atoms with E-state index >= 15 is 0 Å². The largest absolute Gasteiger partial charge is 0.375 e. The third kappa shape index (κ3) is 3.47. The minimum atomic E-state index is -1.46. The van der Waals surface area contributed by atoms with Gasteiger partial charge in [0.15, 0.2) is 6.17 Å². The second-order valence-electron chi connectivity index (χ2n) is 5.25. The van der Waals surface area contributed by atoms with Crippen molar-refractivity contribution in [2.75, 3.05) is 6.61 Å². The first kappa shape index (κ1) is 12.9. The van der Waals surface area contributed by atoms with Crippen LogP contribution in [-0.2, 0) is 9.53 Å². The minimum Gasteiger partial charge on any atom is -0.375 e. The summed E-state index contributed by atoms with van der Waals surface area (Å²) in [7, 11) is 0. The van der Waals surface area contributed by atoms with Crippen molar-refractivity contribution in [3.05, 3.63) is 0 Å². The van der Waals surface area contributed by atoms with Crippen LogP contribution in [0.3, 0.4) is 0 Å². The highest BCUT2D eigenvalue weighted by atomic mass is 19.2. The van der Waals surface area contributed by atoms with Crippen molar-refractivity contribution in [2.24, 2.45) is 5.92 Å². The first-order valence-electron chi connectivity index (χ1n) is 6.58. The van der Waals surface area contributed by atoms with Gasteiger partial charge >= 0.3 is 0 Å². The van der Waals surface area contributed by atoms with Crippen LogP contribution in [0.25, 0.3) is 0 Å². The molecule has 0 N–H and O–H groups in total. The van der Waals surface area contributed by atoms with E-state index in [1.165, 1.54) is 0 Å². The summed E-state index contributed by atoms with van der Waals surface area (Å²) in [6.07, 6.45) is 1.14. The first-order valence-corrected chi connectivity index (χ1v) is 6.58. The fourth-order valence-electron chi connectivity index (χ4n) is 2.67. The Bertz CT molecular complexity index is 260. The van der Waals surface area contributed by atoms with Gasteiger partial charge in [-0.1, -0.05) is 0 Å². The molecule has 17 heavy (non-hydrogen) atoms. The summed E-state index contributed by atoms with van der Waals surface area (Å²) < 4.78 is 32.2. The summed E-state index contributed by atoms with van der Waals surface area (Å²) >= 11 is 0. The van der Waals surface area contributed by atoms with Crippen LogP contribution in [0.5, 0.6) is 0 Å². The smallest absolute Gasteiger partial charge is 0.157 e. The number of Topliss-reactive ketones (excluding diaryl/α,β-unsaturated/α-hetero) is 1. The fourth-order valence-corrected chi connectivity index (χ4v) is 2.67. The minimum absolute atomic E-state index is 0.311. The molecule has 2 aliphatic rings. The van der Waals surface area contributed by atoms with Gasteiger partial charge in [-0.25, -0.2) is 8.78 Å². The molecule has 0 aliphatic heterocycles. The predicted molar refractivity (Wildman–Crippen MR) is 60.3 cm³/mol. The lowest BCUT2D eigenvalue weighted by Gasteiger charge is -2.30. The normalized spacial score (nSPS) is 36.1. The SMILES string of the molecule is O=C1CCC(COC2CCCC(F)C2F)CC1. The van der Waals surface area contributed by atoms with Crippen molar-refractivity contribution < 1.29 is 18.3 Å². The highest BCUT2D eigenvalue weighted by Gasteiger charge is 2.34. The highest BCUT2D eigenvalue weighted by Crippen LogP contribution is 2.28.